The fourth-order valence-corrected chi connectivity index (χ4v) is 1.83. The van der Waals surface area contributed by atoms with Crippen molar-refractivity contribution in [3.05, 3.63) is 29.3 Å². The molecule has 1 unspecified atom stereocenters. The third kappa shape index (κ3) is 4.31. The van der Waals surface area contributed by atoms with Crippen molar-refractivity contribution in [2.45, 2.75) is 32.8 Å². The zero-order chi connectivity index (χ0) is 13.5. The molecule has 0 radical (unpaired) electrons. The van der Waals surface area contributed by atoms with Crippen molar-refractivity contribution in [2.75, 3.05) is 27.3 Å². The molecule has 0 spiro atoms. The maximum atomic E-state index is 6.03. The van der Waals surface area contributed by atoms with Crippen LogP contribution < -0.4 is 10.1 Å². The summed E-state index contributed by atoms with van der Waals surface area (Å²) in [5.74, 6) is 1.47. The predicted molar refractivity (Wildman–Crippen MR) is 75.5 cm³/mol. The maximum absolute atomic E-state index is 6.03. The molecule has 0 aliphatic heterocycles. The summed E-state index contributed by atoms with van der Waals surface area (Å²) in [5.41, 5.74) is 2.47. The fraction of sp³-hybridized carbons (Fsp3) is 0.600. The number of ether oxygens (including phenoxy) is 2. The Morgan fingerprint density at radius 2 is 2.00 bits per heavy atom. The Hall–Kier alpha value is -1.06. The second-order valence-electron chi connectivity index (χ2n) is 4.93. The summed E-state index contributed by atoms with van der Waals surface area (Å²) in [6.07, 6.45) is 0.0427. The van der Waals surface area contributed by atoms with E-state index in [9.17, 15) is 0 Å². The highest BCUT2D eigenvalue weighted by molar-refractivity contribution is 5.38. The van der Waals surface area contributed by atoms with Crippen molar-refractivity contribution in [3.63, 3.8) is 0 Å². The molecule has 0 aliphatic carbocycles. The van der Waals surface area contributed by atoms with E-state index in [1.165, 1.54) is 5.56 Å². The first-order valence-electron chi connectivity index (χ1n) is 6.49. The lowest BCUT2D eigenvalue weighted by Gasteiger charge is -2.20. The molecule has 1 N–H and O–H groups in total. The highest BCUT2D eigenvalue weighted by Crippen LogP contribution is 2.25. The molecular weight excluding hydrogens is 226 g/mol. The van der Waals surface area contributed by atoms with Gasteiger partial charge in [-0.3, -0.25) is 0 Å². The molecule has 0 saturated carbocycles. The van der Waals surface area contributed by atoms with E-state index < -0.39 is 0 Å². The van der Waals surface area contributed by atoms with Crippen LogP contribution in [0.5, 0.6) is 5.75 Å². The second kappa shape index (κ2) is 7.39. The largest absolute Gasteiger partial charge is 0.486 e. The standard InChI is InChI=1S/C15H25NO2/c1-11(2)13-7-6-12(3)15(8-13)18-14(9-16-4)10-17-5/h6-8,11,14,16H,9-10H2,1-5H3. The number of rotatable bonds is 7. The number of hydrogen-bond acceptors (Lipinski definition) is 3. The molecule has 1 rings (SSSR count). The minimum Gasteiger partial charge on any atom is -0.486 e. The highest BCUT2D eigenvalue weighted by Gasteiger charge is 2.12. The van der Waals surface area contributed by atoms with Crippen LogP contribution in [0, 0.1) is 6.92 Å². The van der Waals surface area contributed by atoms with Gasteiger partial charge >= 0.3 is 0 Å². The van der Waals surface area contributed by atoms with Crippen LogP contribution in [0.25, 0.3) is 0 Å². The molecule has 0 amide bonds. The molecular formula is C15H25NO2. The van der Waals surface area contributed by atoms with Crippen molar-refractivity contribution >= 4 is 0 Å². The van der Waals surface area contributed by atoms with Gasteiger partial charge in [0, 0.05) is 13.7 Å². The van der Waals surface area contributed by atoms with Gasteiger partial charge in [0.05, 0.1) is 6.61 Å². The van der Waals surface area contributed by atoms with E-state index in [0.717, 1.165) is 17.9 Å². The average Bonchev–Trinajstić information content (AvgIpc) is 2.32. The number of nitrogens with one attached hydrogen (secondary N) is 1. The zero-order valence-corrected chi connectivity index (χ0v) is 12.1. The molecule has 0 fully saturated rings. The van der Waals surface area contributed by atoms with Crippen LogP contribution in [0.3, 0.4) is 0 Å². The number of methoxy groups -OCH3 is 1. The van der Waals surface area contributed by atoms with Crippen LogP contribution >= 0.6 is 0 Å². The summed E-state index contributed by atoms with van der Waals surface area (Å²) in [5, 5.41) is 3.12. The SMILES string of the molecule is CNCC(COC)Oc1cc(C(C)C)ccc1C. The van der Waals surface area contributed by atoms with Crippen molar-refractivity contribution in [2.24, 2.45) is 0 Å². The van der Waals surface area contributed by atoms with Gasteiger partial charge in [0.15, 0.2) is 0 Å². The molecule has 3 nitrogen and oxygen atoms in total. The number of benzene rings is 1. The van der Waals surface area contributed by atoms with Crippen LogP contribution in [0.15, 0.2) is 18.2 Å². The van der Waals surface area contributed by atoms with E-state index in [1.54, 1.807) is 7.11 Å². The second-order valence-corrected chi connectivity index (χ2v) is 4.93. The van der Waals surface area contributed by atoms with Gasteiger partial charge in [-0.2, -0.15) is 0 Å². The van der Waals surface area contributed by atoms with Crippen LogP contribution in [0.4, 0.5) is 0 Å². The third-order valence-corrected chi connectivity index (χ3v) is 2.96. The van der Waals surface area contributed by atoms with Gasteiger partial charge in [-0.1, -0.05) is 26.0 Å². The van der Waals surface area contributed by atoms with Gasteiger partial charge in [0.1, 0.15) is 11.9 Å². The molecule has 0 aromatic heterocycles. The minimum absolute atomic E-state index is 0.0427. The number of aryl methyl sites for hydroxylation is 1. The third-order valence-electron chi connectivity index (χ3n) is 2.96. The Kier molecular flexibility index (Phi) is 6.16. The van der Waals surface area contributed by atoms with Crippen molar-refractivity contribution in [1.82, 2.24) is 5.32 Å². The van der Waals surface area contributed by atoms with Gasteiger partial charge in [-0.05, 0) is 37.1 Å². The summed E-state index contributed by atoms with van der Waals surface area (Å²) in [6.45, 7) is 7.82. The molecule has 0 saturated heterocycles. The van der Waals surface area contributed by atoms with E-state index in [4.69, 9.17) is 9.47 Å². The summed E-state index contributed by atoms with van der Waals surface area (Å²) in [7, 11) is 3.62. The first kappa shape index (κ1) is 15.0. The fourth-order valence-electron chi connectivity index (χ4n) is 1.83. The molecule has 0 bridgehead atoms. The Morgan fingerprint density at radius 1 is 1.28 bits per heavy atom. The van der Waals surface area contributed by atoms with Crippen molar-refractivity contribution in [3.8, 4) is 5.75 Å². The smallest absolute Gasteiger partial charge is 0.134 e. The lowest BCUT2D eigenvalue weighted by Crippen LogP contribution is -2.33. The Bertz CT molecular complexity index is 358. The average molecular weight is 251 g/mol. The molecule has 3 heteroatoms. The van der Waals surface area contributed by atoms with Gasteiger partial charge in [0.25, 0.3) is 0 Å². The molecule has 1 atom stereocenters. The van der Waals surface area contributed by atoms with E-state index in [0.29, 0.717) is 12.5 Å². The molecule has 1 aromatic carbocycles. The van der Waals surface area contributed by atoms with E-state index in [2.05, 4.69) is 44.3 Å². The Balaban J connectivity index is 2.83. The molecule has 18 heavy (non-hydrogen) atoms. The van der Waals surface area contributed by atoms with Gasteiger partial charge in [0.2, 0.25) is 0 Å². The number of hydrogen-bond donors (Lipinski definition) is 1. The molecule has 0 aliphatic rings. The van der Waals surface area contributed by atoms with Crippen LogP contribution in [-0.2, 0) is 4.74 Å². The Morgan fingerprint density at radius 3 is 2.56 bits per heavy atom. The van der Waals surface area contributed by atoms with Gasteiger partial charge in [-0.25, -0.2) is 0 Å². The first-order chi connectivity index (χ1) is 8.58. The molecule has 0 heterocycles. The lowest BCUT2D eigenvalue weighted by atomic mass is 10.0. The van der Waals surface area contributed by atoms with E-state index in [-0.39, 0.29) is 6.10 Å². The van der Waals surface area contributed by atoms with E-state index >= 15 is 0 Å². The Labute approximate surface area is 110 Å². The van der Waals surface area contributed by atoms with Gasteiger partial charge < -0.3 is 14.8 Å². The summed E-state index contributed by atoms with van der Waals surface area (Å²) < 4.78 is 11.2. The predicted octanol–water partition coefficient (Wildman–Crippen LogP) is 2.73. The minimum atomic E-state index is 0.0427. The summed E-state index contributed by atoms with van der Waals surface area (Å²) >= 11 is 0. The van der Waals surface area contributed by atoms with Crippen LogP contribution in [0.2, 0.25) is 0 Å². The highest BCUT2D eigenvalue weighted by atomic mass is 16.5. The monoisotopic (exact) mass is 251 g/mol. The zero-order valence-electron chi connectivity index (χ0n) is 12.1. The van der Waals surface area contributed by atoms with Crippen molar-refractivity contribution in [1.29, 1.82) is 0 Å². The number of likely N-dealkylation sites (N-methyl/N-ethyl adjacent to an activating group) is 1. The van der Waals surface area contributed by atoms with E-state index in [1.807, 2.05) is 7.05 Å². The first-order valence-corrected chi connectivity index (χ1v) is 6.49. The summed E-state index contributed by atoms with van der Waals surface area (Å²) in [6, 6.07) is 6.42. The van der Waals surface area contributed by atoms with Crippen molar-refractivity contribution < 1.29 is 9.47 Å². The van der Waals surface area contributed by atoms with Crippen LogP contribution in [0.1, 0.15) is 30.9 Å². The molecule has 1 aromatic rings. The maximum Gasteiger partial charge on any atom is 0.134 e. The normalized spacial score (nSPS) is 12.8. The lowest BCUT2D eigenvalue weighted by molar-refractivity contribution is 0.0813. The van der Waals surface area contributed by atoms with Gasteiger partial charge in [-0.15, -0.1) is 0 Å². The van der Waals surface area contributed by atoms with Crippen LogP contribution in [-0.4, -0.2) is 33.4 Å². The topological polar surface area (TPSA) is 30.5 Å². The molecule has 102 valence electrons. The summed E-state index contributed by atoms with van der Waals surface area (Å²) in [4.78, 5) is 0. The quantitative estimate of drug-likeness (QED) is 0.808.